The van der Waals surface area contributed by atoms with Gasteiger partial charge in [0, 0.05) is 17.1 Å². The maximum atomic E-state index is 13.1. The van der Waals surface area contributed by atoms with E-state index in [4.69, 9.17) is 4.74 Å². The number of benzene rings is 2. The Morgan fingerprint density at radius 1 is 1.00 bits per heavy atom. The molecule has 1 aliphatic carbocycles. The smallest absolute Gasteiger partial charge is 0.258 e. The average Bonchev–Trinajstić information content (AvgIpc) is 3.35. The van der Waals surface area contributed by atoms with Crippen molar-refractivity contribution in [2.24, 2.45) is 0 Å². The second-order valence-electron chi connectivity index (χ2n) is 7.38. The van der Waals surface area contributed by atoms with Crippen LogP contribution in [-0.2, 0) is 24.2 Å². The van der Waals surface area contributed by atoms with Crippen LogP contribution in [0.4, 0.5) is 10.7 Å². The van der Waals surface area contributed by atoms with E-state index in [1.54, 1.807) is 31.4 Å². The molecule has 3 aromatic rings. The molecule has 1 heterocycles. The normalized spacial score (nSPS) is 12.3. The third kappa shape index (κ3) is 5.13. The Morgan fingerprint density at radius 3 is 2.52 bits per heavy atom. The minimum Gasteiger partial charge on any atom is -0.497 e. The van der Waals surface area contributed by atoms with E-state index in [1.807, 2.05) is 30.3 Å². The van der Waals surface area contributed by atoms with Crippen LogP contribution in [0.1, 0.15) is 32.8 Å². The summed E-state index contributed by atoms with van der Waals surface area (Å²) >= 11 is 1.51. The zero-order valence-electron chi connectivity index (χ0n) is 17.4. The molecular formula is C24H25N3O3S. The van der Waals surface area contributed by atoms with E-state index in [0.717, 1.165) is 36.1 Å². The number of carbonyl (C=O) groups is 2. The number of hydrogen-bond acceptors (Lipinski definition) is 5. The largest absolute Gasteiger partial charge is 0.497 e. The Kier molecular flexibility index (Phi) is 6.64. The molecule has 31 heavy (non-hydrogen) atoms. The lowest BCUT2D eigenvalue weighted by molar-refractivity contribution is -0.115. The molecule has 0 unspecified atom stereocenters. The number of rotatable bonds is 8. The first kappa shape index (κ1) is 21.1. The second-order valence-corrected chi connectivity index (χ2v) is 8.49. The fraction of sp³-hybridized carbons (Fsp3) is 0.250. The van der Waals surface area contributed by atoms with Gasteiger partial charge in [0.15, 0.2) is 0 Å². The van der Waals surface area contributed by atoms with Gasteiger partial charge >= 0.3 is 0 Å². The van der Waals surface area contributed by atoms with Gasteiger partial charge in [-0.15, -0.1) is 11.3 Å². The van der Waals surface area contributed by atoms with Crippen molar-refractivity contribution >= 4 is 33.8 Å². The topological polar surface area (TPSA) is 79.5 Å². The third-order valence-electron chi connectivity index (χ3n) is 5.21. The predicted molar refractivity (Wildman–Crippen MR) is 124 cm³/mol. The Bertz CT molecular complexity index is 1060. The number of carbonyl (C=O) groups excluding carboxylic acids is 2. The molecule has 0 spiro atoms. The van der Waals surface area contributed by atoms with Crippen LogP contribution in [0.25, 0.3) is 0 Å². The molecular weight excluding hydrogens is 410 g/mol. The van der Waals surface area contributed by atoms with E-state index in [-0.39, 0.29) is 18.4 Å². The van der Waals surface area contributed by atoms with E-state index < -0.39 is 0 Å². The maximum absolute atomic E-state index is 13.1. The molecule has 0 bridgehead atoms. The Morgan fingerprint density at radius 2 is 1.77 bits per heavy atom. The third-order valence-corrected chi connectivity index (χ3v) is 6.41. The Balaban J connectivity index is 1.43. The molecule has 0 saturated heterocycles. The number of ether oxygens (including phenoxy) is 1. The highest BCUT2D eigenvalue weighted by molar-refractivity contribution is 7.17. The average molecular weight is 436 g/mol. The molecule has 1 aromatic heterocycles. The second kappa shape index (κ2) is 9.76. The van der Waals surface area contributed by atoms with E-state index >= 15 is 0 Å². The van der Waals surface area contributed by atoms with Gasteiger partial charge in [0.2, 0.25) is 5.91 Å². The summed E-state index contributed by atoms with van der Waals surface area (Å²) in [6.07, 6.45) is 2.85. The van der Waals surface area contributed by atoms with Crippen LogP contribution < -0.4 is 20.7 Å². The van der Waals surface area contributed by atoms with Gasteiger partial charge < -0.3 is 20.7 Å². The molecule has 160 valence electrons. The number of fused-ring (bicyclic) bond motifs is 1. The molecule has 0 radical (unpaired) electrons. The lowest BCUT2D eigenvalue weighted by Crippen LogP contribution is -2.28. The van der Waals surface area contributed by atoms with Gasteiger partial charge in [-0.05, 0) is 54.7 Å². The van der Waals surface area contributed by atoms with Crippen molar-refractivity contribution in [1.82, 2.24) is 5.32 Å². The number of hydrogen-bond donors (Lipinski definition) is 3. The first-order valence-electron chi connectivity index (χ1n) is 10.3. The lowest BCUT2D eigenvalue weighted by Gasteiger charge is -2.10. The van der Waals surface area contributed by atoms with Gasteiger partial charge in [0.05, 0.1) is 19.2 Å². The lowest BCUT2D eigenvalue weighted by atomic mass is 10.1. The Labute approximate surface area is 185 Å². The highest BCUT2D eigenvalue weighted by atomic mass is 32.1. The van der Waals surface area contributed by atoms with Crippen molar-refractivity contribution in [2.75, 3.05) is 24.3 Å². The molecule has 0 atom stereocenters. The molecule has 3 N–H and O–H groups in total. The molecule has 6 nitrogen and oxygen atoms in total. The first-order valence-corrected chi connectivity index (χ1v) is 11.1. The monoisotopic (exact) mass is 435 g/mol. The van der Waals surface area contributed by atoms with Crippen molar-refractivity contribution in [3.63, 3.8) is 0 Å². The van der Waals surface area contributed by atoms with Gasteiger partial charge in [-0.1, -0.05) is 30.3 Å². The zero-order valence-corrected chi connectivity index (χ0v) is 18.2. The van der Waals surface area contributed by atoms with Crippen LogP contribution in [0.2, 0.25) is 0 Å². The fourth-order valence-electron chi connectivity index (χ4n) is 3.69. The maximum Gasteiger partial charge on any atom is 0.258 e. The fourth-order valence-corrected chi connectivity index (χ4v) is 4.99. The molecule has 1 aliphatic rings. The highest BCUT2D eigenvalue weighted by Crippen LogP contribution is 2.39. The summed E-state index contributed by atoms with van der Waals surface area (Å²) in [6, 6.07) is 17.1. The van der Waals surface area contributed by atoms with Gasteiger partial charge in [-0.3, -0.25) is 9.59 Å². The summed E-state index contributed by atoms with van der Waals surface area (Å²) in [6.45, 7) is 0.789. The summed E-state index contributed by atoms with van der Waals surface area (Å²) < 4.78 is 5.17. The van der Waals surface area contributed by atoms with Crippen LogP contribution in [0.15, 0.2) is 54.6 Å². The highest BCUT2D eigenvalue weighted by Gasteiger charge is 2.27. The molecule has 0 fully saturated rings. The van der Waals surface area contributed by atoms with Crippen LogP contribution in [0.3, 0.4) is 0 Å². The van der Waals surface area contributed by atoms with Gasteiger partial charge in [0.25, 0.3) is 5.91 Å². The van der Waals surface area contributed by atoms with E-state index in [0.29, 0.717) is 22.8 Å². The minimum atomic E-state index is -0.197. The van der Waals surface area contributed by atoms with Crippen molar-refractivity contribution in [2.45, 2.75) is 25.8 Å². The SMILES string of the molecule is COc1ccc(NC(=O)c2c(NC(=O)CNCc3ccccc3)sc3c2CCC3)cc1. The summed E-state index contributed by atoms with van der Waals surface area (Å²) in [5.74, 6) is 0.372. The number of thiophene rings is 1. The minimum absolute atomic E-state index is 0.158. The Hall–Kier alpha value is -3.16. The quantitative estimate of drug-likeness (QED) is 0.495. The number of amides is 2. The molecule has 0 aliphatic heterocycles. The predicted octanol–water partition coefficient (Wildman–Crippen LogP) is 4.23. The van der Waals surface area contributed by atoms with Crippen LogP contribution >= 0.6 is 11.3 Å². The number of methoxy groups -OCH3 is 1. The van der Waals surface area contributed by atoms with Crippen molar-refractivity contribution in [3.05, 3.63) is 76.2 Å². The number of nitrogens with one attached hydrogen (secondary N) is 3. The molecule has 2 amide bonds. The molecule has 7 heteroatoms. The summed E-state index contributed by atoms with van der Waals surface area (Å²) in [5.41, 5.74) is 3.45. The summed E-state index contributed by atoms with van der Waals surface area (Å²) in [5, 5.41) is 9.67. The van der Waals surface area contributed by atoms with E-state index in [1.165, 1.54) is 16.2 Å². The van der Waals surface area contributed by atoms with E-state index in [2.05, 4.69) is 16.0 Å². The zero-order chi connectivity index (χ0) is 21.6. The molecule has 0 saturated carbocycles. The summed E-state index contributed by atoms with van der Waals surface area (Å²) in [7, 11) is 1.60. The van der Waals surface area contributed by atoms with Gasteiger partial charge in [-0.25, -0.2) is 0 Å². The molecule has 2 aromatic carbocycles. The number of aryl methyl sites for hydroxylation is 1. The van der Waals surface area contributed by atoms with Crippen molar-refractivity contribution < 1.29 is 14.3 Å². The van der Waals surface area contributed by atoms with Crippen molar-refractivity contribution in [3.8, 4) is 5.75 Å². The van der Waals surface area contributed by atoms with Crippen LogP contribution in [-0.4, -0.2) is 25.5 Å². The number of anilines is 2. The van der Waals surface area contributed by atoms with E-state index in [9.17, 15) is 9.59 Å². The molecule has 4 rings (SSSR count). The van der Waals surface area contributed by atoms with Crippen LogP contribution in [0, 0.1) is 0 Å². The standard InChI is InChI=1S/C24H25N3O3S/c1-30-18-12-10-17(11-13-18)26-23(29)22-19-8-5-9-20(19)31-24(22)27-21(28)15-25-14-16-6-3-2-4-7-16/h2-4,6-7,10-13,25H,5,8-9,14-15H2,1H3,(H,26,29)(H,27,28). The van der Waals surface area contributed by atoms with Gasteiger partial charge in [0.1, 0.15) is 10.8 Å². The van der Waals surface area contributed by atoms with Crippen molar-refractivity contribution in [1.29, 1.82) is 0 Å². The van der Waals surface area contributed by atoms with Crippen LogP contribution in [0.5, 0.6) is 5.75 Å². The van der Waals surface area contributed by atoms with Gasteiger partial charge in [-0.2, -0.15) is 0 Å². The first-order chi connectivity index (χ1) is 15.1. The summed E-state index contributed by atoms with van der Waals surface area (Å²) in [4.78, 5) is 26.8.